The number of amides is 1. The molecule has 19 heavy (non-hydrogen) atoms. The SMILES string of the molecule is CCN(C(=O)CC1(N)CCCC1)c1ccccc1F. The Morgan fingerprint density at radius 1 is 1.37 bits per heavy atom. The van der Waals surface area contributed by atoms with Gasteiger partial charge in [0.15, 0.2) is 0 Å². The summed E-state index contributed by atoms with van der Waals surface area (Å²) < 4.78 is 13.8. The number of halogens is 1. The number of nitrogens with zero attached hydrogens (tertiary/aromatic N) is 1. The summed E-state index contributed by atoms with van der Waals surface area (Å²) in [6.07, 6.45) is 4.22. The number of anilines is 1. The topological polar surface area (TPSA) is 46.3 Å². The van der Waals surface area contributed by atoms with Crippen molar-refractivity contribution in [3.63, 3.8) is 0 Å². The van der Waals surface area contributed by atoms with E-state index < -0.39 is 5.54 Å². The third-order valence-corrected chi connectivity index (χ3v) is 3.86. The Bertz CT molecular complexity index is 455. The van der Waals surface area contributed by atoms with Crippen molar-refractivity contribution in [3.05, 3.63) is 30.1 Å². The first-order chi connectivity index (χ1) is 9.06. The van der Waals surface area contributed by atoms with Crippen LogP contribution < -0.4 is 10.6 Å². The summed E-state index contributed by atoms with van der Waals surface area (Å²) in [5, 5.41) is 0. The monoisotopic (exact) mass is 264 g/mol. The highest BCUT2D eigenvalue weighted by atomic mass is 19.1. The van der Waals surface area contributed by atoms with E-state index in [1.165, 1.54) is 11.0 Å². The summed E-state index contributed by atoms with van der Waals surface area (Å²) in [6, 6.07) is 6.37. The molecule has 0 aromatic heterocycles. The smallest absolute Gasteiger partial charge is 0.228 e. The molecule has 0 bridgehead atoms. The molecular formula is C15H21FN2O. The van der Waals surface area contributed by atoms with E-state index in [0.717, 1.165) is 25.7 Å². The molecule has 2 N–H and O–H groups in total. The molecule has 1 fully saturated rings. The summed E-state index contributed by atoms with van der Waals surface area (Å²) in [6.45, 7) is 2.30. The number of benzene rings is 1. The molecule has 2 rings (SSSR count). The predicted molar refractivity (Wildman–Crippen MR) is 74.4 cm³/mol. The van der Waals surface area contributed by atoms with Crippen LogP contribution in [0.15, 0.2) is 24.3 Å². The molecule has 1 aliphatic rings. The fourth-order valence-electron chi connectivity index (χ4n) is 2.80. The largest absolute Gasteiger partial charge is 0.325 e. The van der Waals surface area contributed by atoms with Gasteiger partial charge in [-0.1, -0.05) is 25.0 Å². The van der Waals surface area contributed by atoms with Crippen molar-refractivity contribution in [2.75, 3.05) is 11.4 Å². The number of hydrogen-bond donors (Lipinski definition) is 1. The van der Waals surface area contributed by atoms with Crippen LogP contribution >= 0.6 is 0 Å². The van der Waals surface area contributed by atoms with Crippen molar-refractivity contribution in [3.8, 4) is 0 Å². The van der Waals surface area contributed by atoms with E-state index in [4.69, 9.17) is 5.73 Å². The molecule has 0 radical (unpaired) electrons. The van der Waals surface area contributed by atoms with Crippen molar-refractivity contribution < 1.29 is 9.18 Å². The quantitative estimate of drug-likeness (QED) is 0.909. The summed E-state index contributed by atoms with van der Waals surface area (Å²) in [7, 11) is 0. The van der Waals surface area contributed by atoms with Crippen molar-refractivity contribution in [1.82, 2.24) is 0 Å². The molecule has 3 nitrogen and oxygen atoms in total. The van der Waals surface area contributed by atoms with Gasteiger partial charge < -0.3 is 10.6 Å². The van der Waals surface area contributed by atoms with Crippen LogP contribution in [0.5, 0.6) is 0 Å². The second-order valence-electron chi connectivity index (χ2n) is 5.34. The first-order valence-electron chi connectivity index (χ1n) is 6.89. The minimum absolute atomic E-state index is 0.0861. The maximum Gasteiger partial charge on any atom is 0.228 e. The second kappa shape index (κ2) is 5.70. The first-order valence-corrected chi connectivity index (χ1v) is 6.89. The molecule has 1 saturated carbocycles. The molecule has 0 aliphatic heterocycles. The van der Waals surface area contributed by atoms with Crippen LogP contribution in [0.1, 0.15) is 39.0 Å². The van der Waals surface area contributed by atoms with Gasteiger partial charge in [0.05, 0.1) is 5.69 Å². The maximum absolute atomic E-state index is 13.8. The Hall–Kier alpha value is -1.42. The average molecular weight is 264 g/mol. The second-order valence-corrected chi connectivity index (χ2v) is 5.34. The van der Waals surface area contributed by atoms with Crippen LogP contribution in [-0.4, -0.2) is 18.0 Å². The molecule has 1 aromatic rings. The van der Waals surface area contributed by atoms with Crippen LogP contribution in [0.4, 0.5) is 10.1 Å². The molecule has 1 amide bonds. The van der Waals surface area contributed by atoms with Gasteiger partial charge in [0.25, 0.3) is 0 Å². The zero-order valence-corrected chi connectivity index (χ0v) is 11.4. The zero-order valence-electron chi connectivity index (χ0n) is 11.4. The Morgan fingerprint density at radius 2 is 2.00 bits per heavy atom. The lowest BCUT2D eigenvalue weighted by molar-refractivity contribution is -0.119. The van der Waals surface area contributed by atoms with Gasteiger partial charge in [0.2, 0.25) is 5.91 Å². The molecule has 1 aliphatic carbocycles. The van der Waals surface area contributed by atoms with E-state index in [0.29, 0.717) is 18.7 Å². The van der Waals surface area contributed by atoms with Crippen LogP contribution in [0.3, 0.4) is 0 Å². The van der Waals surface area contributed by atoms with Gasteiger partial charge in [-0.2, -0.15) is 0 Å². The maximum atomic E-state index is 13.8. The van der Waals surface area contributed by atoms with Gasteiger partial charge >= 0.3 is 0 Å². The van der Waals surface area contributed by atoms with Gasteiger partial charge in [-0.3, -0.25) is 4.79 Å². The predicted octanol–water partition coefficient (Wildman–Crippen LogP) is 2.84. The van der Waals surface area contributed by atoms with Gasteiger partial charge in [-0.25, -0.2) is 4.39 Å². The van der Waals surface area contributed by atoms with Crippen LogP contribution in [0.2, 0.25) is 0 Å². The Balaban J connectivity index is 2.13. The zero-order chi connectivity index (χ0) is 13.9. The van der Waals surface area contributed by atoms with E-state index >= 15 is 0 Å². The molecule has 0 spiro atoms. The van der Waals surface area contributed by atoms with E-state index in [1.54, 1.807) is 18.2 Å². The molecule has 0 atom stereocenters. The first kappa shape index (κ1) is 14.0. The molecule has 0 heterocycles. The van der Waals surface area contributed by atoms with Crippen LogP contribution in [-0.2, 0) is 4.79 Å². The number of carbonyl (C=O) groups is 1. The van der Waals surface area contributed by atoms with Gasteiger partial charge in [0.1, 0.15) is 5.82 Å². The minimum atomic E-state index is -0.393. The summed E-state index contributed by atoms with van der Waals surface area (Å²) in [4.78, 5) is 13.9. The van der Waals surface area contributed by atoms with E-state index in [2.05, 4.69) is 0 Å². The summed E-state index contributed by atoms with van der Waals surface area (Å²) in [5.74, 6) is -0.452. The van der Waals surface area contributed by atoms with E-state index in [9.17, 15) is 9.18 Å². The summed E-state index contributed by atoms with van der Waals surface area (Å²) in [5.41, 5.74) is 6.18. The number of nitrogens with two attached hydrogens (primary N) is 1. The number of hydrogen-bond acceptors (Lipinski definition) is 2. The van der Waals surface area contributed by atoms with Crippen molar-refractivity contribution >= 4 is 11.6 Å². The van der Waals surface area contributed by atoms with Gasteiger partial charge in [-0.15, -0.1) is 0 Å². The minimum Gasteiger partial charge on any atom is -0.325 e. The Kier molecular flexibility index (Phi) is 4.20. The molecule has 0 saturated heterocycles. The van der Waals surface area contributed by atoms with Crippen LogP contribution in [0, 0.1) is 5.82 Å². The number of carbonyl (C=O) groups excluding carboxylic acids is 1. The van der Waals surface area contributed by atoms with Crippen molar-refractivity contribution in [1.29, 1.82) is 0 Å². The Labute approximate surface area is 113 Å². The van der Waals surface area contributed by atoms with E-state index in [1.807, 2.05) is 6.92 Å². The number of para-hydroxylation sites is 1. The van der Waals surface area contributed by atoms with E-state index in [-0.39, 0.29) is 11.7 Å². The standard InChI is InChI=1S/C15H21FN2O/c1-2-18(13-8-4-3-7-12(13)16)14(19)11-15(17)9-5-6-10-15/h3-4,7-8H,2,5-6,9-11,17H2,1H3. The highest BCUT2D eigenvalue weighted by Crippen LogP contribution is 2.31. The normalized spacial score (nSPS) is 17.4. The highest BCUT2D eigenvalue weighted by molar-refractivity contribution is 5.94. The van der Waals surface area contributed by atoms with Gasteiger partial charge in [0, 0.05) is 18.5 Å². The lowest BCUT2D eigenvalue weighted by atomic mass is 9.94. The lowest BCUT2D eigenvalue weighted by Gasteiger charge is -2.28. The van der Waals surface area contributed by atoms with Gasteiger partial charge in [-0.05, 0) is 31.9 Å². The van der Waals surface area contributed by atoms with Crippen molar-refractivity contribution in [2.45, 2.75) is 44.6 Å². The molecule has 104 valence electrons. The molecule has 1 aromatic carbocycles. The molecule has 4 heteroatoms. The molecular weight excluding hydrogens is 243 g/mol. The average Bonchev–Trinajstić information content (AvgIpc) is 2.79. The third-order valence-electron chi connectivity index (χ3n) is 3.86. The number of rotatable bonds is 4. The third kappa shape index (κ3) is 3.13. The van der Waals surface area contributed by atoms with Crippen LogP contribution in [0.25, 0.3) is 0 Å². The fraction of sp³-hybridized carbons (Fsp3) is 0.533. The lowest BCUT2D eigenvalue weighted by Crippen LogP contribution is -2.44. The molecule has 0 unspecified atom stereocenters. The fourth-order valence-corrected chi connectivity index (χ4v) is 2.80. The highest BCUT2D eigenvalue weighted by Gasteiger charge is 2.33. The Morgan fingerprint density at radius 3 is 2.58 bits per heavy atom. The van der Waals surface area contributed by atoms with Crippen molar-refractivity contribution in [2.24, 2.45) is 5.73 Å². The summed E-state index contributed by atoms with van der Waals surface area (Å²) >= 11 is 0.